The Morgan fingerprint density at radius 2 is 1.94 bits per heavy atom. The largest absolute Gasteiger partial charge is 0.465 e. The molecule has 0 aromatic rings. The normalized spacial score (nSPS) is 30.4. The summed E-state index contributed by atoms with van der Waals surface area (Å²) in [6, 6.07) is -0.766. The molecule has 2 amide bonds. The second-order valence-electron chi connectivity index (χ2n) is 10.6. The number of aliphatic hydroxyl groups is 1. The molecule has 0 aromatic heterocycles. The van der Waals surface area contributed by atoms with Crippen LogP contribution in [0.5, 0.6) is 0 Å². The molecule has 0 aromatic carbocycles. The maximum absolute atomic E-state index is 14.1. The van der Waals surface area contributed by atoms with Crippen molar-refractivity contribution in [3.63, 3.8) is 0 Å². The zero-order chi connectivity index (χ0) is 26.3. The standard InChI is InChI=1S/C28H44N2O6/c1-5-8-17-29(16-7-3)25(33)23-28-15-14-27(4,36-28)22(26(34)35-20-9-6-2)21(28)24(32)30(23)18-12-10-11-13-19-31/h6-7,21-23,31H,2-3,5,8-20H2,1,4H3/t21-,22+,23?,27-,28?/m0/s1. The molecule has 3 aliphatic heterocycles. The van der Waals surface area contributed by atoms with Crippen molar-refractivity contribution in [2.24, 2.45) is 11.8 Å². The number of hydrogen-bond donors (Lipinski definition) is 1. The van der Waals surface area contributed by atoms with Gasteiger partial charge in [-0.15, -0.1) is 13.2 Å². The minimum absolute atomic E-state index is 0.125. The number of ether oxygens (including phenoxy) is 2. The van der Waals surface area contributed by atoms with Crippen LogP contribution in [0.15, 0.2) is 25.3 Å². The first-order valence-electron chi connectivity index (χ1n) is 13.6. The molecule has 36 heavy (non-hydrogen) atoms. The van der Waals surface area contributed by atoms with E-state index in [-0.39, 0.29) is 25.0 Å². The summed E-state index contributed by atoms with van der Waals surface area (Å²) in [6.07, 6.45) is 10.0. The Bertz CT molecular complexity index is 831. The van der Waals surface area contributed by atoms with Gasteiger partial charge in [0.15, 0.2) is 0 Å². The van der Waals surface area contributed by atoms with Crippen molar-refractivity contribution >= 4 is 17.8 Å². The summed E-state index contributed by atoms with van der Waals surface area (Å²) in [5.41, 5.74) is -1.86. The molecule has 2 unspecified atom stereocenters. The highest BCUT2D eigenvalue weighted by Crippen LogP contribution is 2.63. The molecule has 3 rings (SSSR count). The topological polar surface area (TPSA) is 96.4 Å². The molecule has 202 valence electrons. The van der Waals surface area contributed by atoms with Crippen LogP contribution in [0.2, 0.25) is 0 Å². The monoisotopic (exact) mass is 504 g/mol. The zero-order valence-electron chi connectivity index (χ0n) is 22.1. The summed E-state index contributed by atoms with van der Waals surface area (Å²) >= 11 is 0. The summed E-state index contributed by atoms with van der Waals surface area (Å²) in [4.78, 5) is 44.8. The van der Waals surface area contributed by atoms with Crippen LogP contribution in [0.1, 0.15) is 71.6 Å². The van der Waals surface area contributed by atoms with Crippen molar-refractivity contribution in [2.45, 2.75) is 88.9 Å². The molecule has 8 heteroatoms. The fourth-order valence-electron chi connectivity index (χ4n) is 6.35. The highest BCUT2D eigenvalue weighted by atomic mass is 16.6. The predicted octanol–water partition coefficient (Wildman–Crippen LogP) is 3.24. The summed E-state index contributed by atoms with van der Waals surface area (Å²) < 4.78 is 12.2. The molecule has 1 spiro atoms. The summed E-state index contributed by atoms with van der Waals surface area (Å²) in [7, 11) is 0. The average Bonchev–Trinajstić information content (AvgIpc) is 3.42. The van der Waals surface area contributed by atoms with Crippen LogP contribution in [-0.4, -0.2) is 82.8 Å². The van der Waals surface area contributed by atoms with Gasteiger partial charge < -0.3 is 24.4 Å². The number of likely N-dealkylation sites (tertiary alicyclic amines) is 1. The molecule has 0 radical (unpaired) electrons. The molecule has 3 heterocycles. The van der Waals surface area contributed by atoms with Crippen LogP contribution in [0, 0.1) is 11.8 Å². The van der Waals surface area contributed by atoms with Crippen LogP contribution < -0.4 is 0 Å². The van der Waals surface area contributed by atoms with E-state index in [1.54, 1.807) is 22.0 Å². The number of amides is 2. The number of carbonyl (C=O) groups is 3. The highest BCUT2D eigenvalue weighted by molar-refractivity contribution is 5.98. The van der Waals surface area contributed by atoms with Crippen molar-refractivity contribution in [1.82, 2.24) is 9.80 Å². The predicted molar refractivity (Wildman–Crippen MR) is 137 cm³/mol. The van der Waals surface area contributed by atoms with Crippen LogP contribution in [0.25, 0.3) is 0 Å². The average molecular weight is 505 g/mol. The third-order valence-electron chi connectivity index (χ3n) is 8.08. The maximum atomic E-state index is 14.1. The second kappa shape index (κ2) is 12.4. The van der Waals surface area contributed by atoms with E-state index in [1.165, 1.54) is 0 Å². The highest BCUT2D eigenvalue weighted by Gasteiger charge is 2.78. The first kappa shape index (κ1) is 28.4. The van der Waals surface area contributed by atoms with Gasteiger partial charge in [0.05, 0.1) is 18.1 Å². The van der Waals surface area contributed by atoms with E-state index in [2.05, 4.69) is 20.1 Å². The number of nitrogens with zero attached hydrogens (tertiary/aromatic N) is 2. The fraction of sp³-hybridized carbons (Fsp3) is 0.750. The third-order valence-corrected chi connectivity index (χ3v) is 8.08. The Morgan fingerprint density at radius 1 is 1.19 bits per heavy atom. The number of fused-ring (bicyclic) bond motifs is 1. The van der Waals surface area contributed by atoms with Crippen LogP contribution in [0.3, 0.4) is 0 Å². The van der Waals surface area contributed by atoms with Crippen LogP contribution >= 0.6 is 0 Å². The molecule has 0 saturated carbocycles. The Hall–Kier alpha value is -2.19. The van der Waals surface area contributed by atoms with E-state index in [9.17, 15) is 14.4 Å². The second-order valence-corrected chi connectivity index (χ2v) is 10.6. The Morgan fingerprint density at radius 3 is 2.61 bits per heavy atom. The van der Waals surface area contributed by atoms with Crippen molar-refractivity contribution < 1.29 is 29.0 Å². The first-order chi connectivity index (χ1) is 17.3. The number of esters is 1. The van der Waals surface area contributed by atoms with E-state index in [4.69, 9.17) is 14.6 Å². The quantitative estimate of drug-likeness (QED) is 0.197. The fourth-order valence-corrected chi connectivity index (χ4v) is 6.35. The molecule has 0 aliphatic carbocycles. The number of hydrogen-bond acceptors (Lipinski definition) is 6. The van der Waals surface area contributed by atoms with Gasteiger partial charge in [-0.1, -0.05) is 38.3 Å². The van der Waals surface area contributed by atoms with E-state index in [1.807, 2.05) is 6.92 Å². The summed E-state index contributed by atoms with van der Waals surface area (Å²) in [5.74, 6) is -2.19. The number of rotatable bonds is 16. The van der Waals surface area contributed by atoms with Gasteiger partial charge in [-0.25, -0.2) is 0 Å². The molecule has 3 aliphatic rings. The first-order valence-corrected chi connectivity index (χ1v) is 13.6. The Balaban J connectivity index is 1.93. The van der Waals surface area contributed by atoms with Gasteiger partial charge in [-0.05, 0) is 45.4 Å². The van der Waals surface area contributed by atoms with E-state index >= 15 is 0 Å². The van der Waals surface area contributed by atoms with Crippen LogP contribution in [0.4, 0.5) is 0 Å². The Kier molecular flexibility index (Phi) is 9.75. The summed E-state index contributed by atoms with van der Waals surface area (Å²) in [6.45, 7) is 13.2. The van der Waals surface area contributed by atoms with E-state index in [0.29, 0.717) is 45.3 Å². The Labute approximate surface area is 215 Å². The van der Waals surface area contributed by atoms with Gasteiger partial charge in [-0.3, -0.25) is 14.4 Å². The zero-order valence-corrected chi connectivity index (χ0v) is 22.1. The van der Waals surface area contributed by atoms with E-state index < -0.39 is 35.0 Å². The molecule has 5 atom stereocenters. The number of carbonyl (C=O) groups excluding carboxylic acids is 3. The minimum atomic E-state index is -1.03. The lowest BCUT2D eigenvalue weighted by Crippen LogP contribution is -2.56. The molecular weight excluding hydrogens is 460 g/mol. The molecule has 3 saturated heterocycles. The maximum Gasteiger partial charge on any atom is 0.312 e. The van der Waals surface area contributed by atoms with Crippen molar-refractivity contribution in [3.05, 3.63) is 25.3 Å². The van der Waals surface area contributed by atoms with Crippen molar-refractivity contribution in [1.29, 1.82) is 0 Å². The third kappa shape index (κ3) is 5.25. The summed E-state index contributed by atoms with van der Waals surface area (Å²) in [5, 5.41) is 9.09. The van der Waals surface area contributed by atoms with Crippen molar-refractivity contribution in [3.8, 4) is 0 Å². The van der Waals surface area contributed by atoms with Crippen molar-refractivity contribution in [2.75, 3.05) is 32.8 Å². The van der Waals surface area contributed by atoms with Gasteiger partial charge in [0, 0.05) is 26.2 Å². The molecule has 8 nitrogen and oxygen atoms in total. The number of unbranched alkanes of at least 4 members (excludes halogenated alkanes) is 4. The van der Waals surface area contributed by atoms with Gasteiger partial charge >= 0.3 is 5.97 Å². The molecule has 1 N–H and O–H groups in total. The van der Waals surface area contributed by atoms with E-state index in [0.717, 1.165) is 32.1 Å². The lowest BCUT2D eigenvalue weighted by atomic mass is 9.66. The van der Waals surface area contributed by atoms with Gasteiger partial charge in [0.25, 0.3) is 0 Å². The lowest BCUT2D eigenvalue weighted by molar-refractivity contribution is -0.160. The minimum Gasteiger partial charge on any atom is -0.465 e. The SMILES string of the molecule is C=CCCOC(=O)[C@H]1[C@H]2C(=O)N(CCCCCCO)C(C(=O)N(CC=C)CCCC)C23CC[C@]1(C)O3. The molecular formula is C28H44N2O6. The number of aliphatic hydroxyl groups excluding tert-OH is 1. The lowest BCUT2D eigenvalue weighted by Gasteiger charge is -2.37. The van der Waals surface area contributed by atoms with Gasteiger partial charge in [0.1, 0.15) is 17.6 Å². The molecule has 3 fully saturated rings. The van der Waals surface area contributed by atoms with Gasteiger partial charge in [0.2, 0.25) is 11.8 Å². The smallest absolute Gasteiger partial charge is 0.312 e. The molecule has 2 bridgehead atoms. The van der Waals surface area contributed by atoms with Crippen LogP contribution in [-0.2, 0) is 23.9 Å². The van der Waals surface area contributed by atoms with Gasteiger partial charge in [-0.2, -0.15) is 0 Å².